The fourth-order valence-electron chi connectivity index (χ4n) is 4.49. The van der Waals surface area contributed by atoms with Crippen LogP contribution in [-0.4, -0.2) is 72.3 Å². The number of hydrogen-bond donors (Lipinski definition) is 0. The second-order valence-corrected chi connectivity index (χ2v) is 8.96. The molecule has 3 heterocycles. The lowest BCUT2D eigenvalue weighted by atomic mass is 9.90. The van der Waals surface area contributed by atoms with Crippen LogP contribution in [0.5, 0.6) is 5.75 Å². The lowest BCUT2D eigenvalue weighted by Crippen LogP contribution is -2.50. The molecule has 2 atom stereocenters. The molecule has 0 radical (unpaired) electrons. The molecule has 1 aromatic carbocycles. The smallest absolute Gasteiger partial charge is 0.259 e. The molecule has 2 aromatic rings. The van der Waals surface area contributed by atoms with Gasteiger partial charge < -0.3 is 23.8 Å². The molecule has 33 heavy (non-hydrogen) atoms. The Morgan fingerprint density at radius 1 is 1.15 bits per heavy atom. The maximum atomic E-state index is 13.4. The van der Waals surface area contributed by atoms with Gasteiger partial charge in [-0.25, -0.2) is 0 Å². The van der Waals surface area contributed by atoms with Gasteiger partial charge in [-0.2, -0.15) is 0 Å². The van der Waals surface area contributed by atoms with E-state index in [1.165, 1.54) is 0 Å². The van der Waals surface area contributed by atoms with E-state index in [1.54, 1.807) is 24.0 Å². The maximum Gasteiger partial charge on any atom is 0.259 e. The predicted molar refractivity (Wildman–Crippen MR) is 123 cm³/mol. The molecule has 2 amide bonds. The lowest BCUT2D eigenvalue weighted by Gasteiger charge is -2.39. The molecule has 0 unspecified atom stereocenters. The van der Waals surface area contributed by atoms with E-state index in [-0.39, 0.29) is 23.8 Å². The van der Waals surface area contributed by atoms with Crippen molar-refractivity contribution in [3.63, 3.8) is 0 Å². The van der Waals surface area contributed by atoms with E-state index in [9.17, 15) is 9.59 Å². The van der Waals surface area contributed by atoms with Crippen LogP contribution in [0, 0.1) is 12.8 Å². The Bertz CT molecular complexity index is 971. The minimum absolute atomic E-state index is 0.0673. The molecule has 8 nitrogen and oxygen atoms in total. The van der Waals surface area contributed by atoms with Crippen LogP contribution in [-0.2, 0) is 16.0 Å². The zero-order valence-corrected chi connectivity index (χ0v) is 19.8. The molecule has 0 spiro atoms. The molecule has 4 rings (SSSR count). The highest BCUT2D eigenvalue weighted by atomic mass is 35.5. The summed E-state index contributed by atoms with van der Waals surface area (Å²) in [5.74, 6) is 1.06. The van der Waals surface area contributed by atoms with Gasteiger partial charge in [-0.1, -0.05) is 23.7 Å². The van der Waals surface area contributed by atoms with Crippen LogP contribution < -0.4 is 4.74 Å². The van der Waals surface area contributed by atoms with E-state index < -0.39 is 0 Å². The van der Waals surface area contributed by atoms with Crippen LogP contribution in [0.15, 0.2) is 28.8 Å². The topological polar surface area (TPSA) is 85.1 Å². The predicted octanol–water partition coefficient (Wildman–Crippen LogP) is 3.36. The number of ether oxygens (including phenoxy) is 2. The van der Waals surface area contributed by atoms with Crippen LogP contribution in [0.25, 0.3) is 0 Å². The summed E-state index contributed by atoms with van der Waals surface area (Å²) in [6.45, 7) is 6.97. The summed E-state index contributed by atoms with van der Waals surface area (Å²) in [6.07, 6.45) is 1.37. The molecule has 178 valence electrons. The number of aryl methyl sites for hydroxylation is 2. The molecule has 2 saturated heterocycles. The standard InChI is InChI=1S/C24H30ClN3O5/c1-3-20-23(16(2)33-26-20)24(30)28-9-8-21(32-19-6-4-18(25)5-7-19)17(15-28)14-22(29)27-10-12-31-13-11-27/h4-7,17,21H,3,8-15H2,1-2H3/t17-,21-/m0/s1. The highest BCUT2D eigenvalue weighted by molar-refractivity contribution is 6.30. The van der Waals surface area contributed by atoms with Crippen molar-refractivity contribution in [3.8, 4) is 5.75 Å². The number of halogens is 1. The maximum absolute atomic E-state index is 13.4. The van der Waals surface area contributed by atoms with E-state index in [2.05, 4.69) is 5.16 Å². The largest absolute Gasteiger partial charge is 0.490 e. The van der Waals surface area contributed by atoms with Crippen LogP contribution in [0.4, 0.5) is 0 Å². The molecule has 2 aliphatic rings. The quantitative estimate of drug-likeness (QED) is 0.637. The Labute approximate surface area is 198 Å². The van der Waals surface area contributed by atoms with Gasteiger partial charge in [-0.3, -0.25) is 9.59 Å². The minimum atomic E-state index is -0.186. The second-order valence-electron chi connectivity index (χ2n) is 8.52. The SMILES string of the molecule is CCc1noc(C)c1C(=O)N1CC[C@H](Oc2ccc(Cl)cc2)[C@@H](CC(=O)N2CCOCC2)C1. The fourth-order valence-corrected chi connectivity index (χ4v) is 4.62. The Balaban J connectivity index is 1.51. The van der Waals surface area contributed by atoms with Crippen LogP contribution in [0.2, 0.25) is 5.02 Å². The Kier molecular flexibility index (Phi) is 7.55. The second kappa shape index (κ2) is 10.6. The number of amides is 2. The molecule has 0 aliphatic carbocycles. The van der Waals surface area contributed by atoms with Crippen molar-refractivity contribution in [2.45, 2.75) is 39.2 Å². The third-order valence-electron chi connectivity index (χ3n) is 6.34. The van der Waals surface area contributed by atoms with Crippen LogP contribution in [0.3, 0.4) is 0 Å². The number of piperidine rings is 1. The van der Waals surface area contributed by atoms with Gasteiger partial charge in [0, 0.05) is 50.0 Å². The summed E-state index contributed by atoms with van der Waals surface area (Å²) in [7, 11) is 0. The van der Waals surface area contributed by atoms with Crippen LogP contribution in [0.1, 0.15) is 41.6 Å². The van der Waals surface area contributed by atoms with Crippen molar-refractivity contribution in [1.29, 1.82) is 0 Å². The van der Waals surface area contributed by atoms with E-state index in [4.69, 9.17) is 25.6 Å². The molecule has 2 aliphatic heterocycles. The normalized spacial score (nSPS) is 21.2. The average molecular weight is 476 g/mol. The van der Waals surface area contributed by atoms with Gasteiger partial charge in [0.1, 0.15) is 23.2 Å². The van der Waals surface area contributed by atoms with Crippen LogP contribution >= 0.6 is 11.6 Å². The highest BCUT2D eigenvalue weighted by Crippen LogP contribution is 2.29. The molecule has 0 bridgehead atoms. The van der Waals surface area contributed by atoms with E-state index in [0.29, 0.717) is 86.4 Å². The van der Waals surface area contributed by atoms with Gasteiger partial charge in [0.15, 0.2) is 0 Å². The Morgan fingerprint density at radius 2 is 1.88 bits per heavy atom. The summed E-state index contributed by atoms with van der Waals surface area (Å²) in [4.78, 5) is 30.0. The lowest BCUT2D eigenvalue weighted by molar-refractivity contribution is -0.137. The molecule has 2 fully saturated rings. The van der Waals surface area contributed by atoms with Crippen molar-refractivity contribution in [2.75, 3.05) is 39.4 Å². The van der Waals surface area contributed by atoms with Crippen molar-refractivity contribution < 1.29 is 23.6 Å². The summed E-state index contributed by atoms with van der Waals surface area (Å²) >= 11 is 6.01. The van der Waals surface area contributed by atoms with Crippen molar-refractivity contribution >= 4 is 23.4 Å². The van der Waals surface area contributed by atoms with Gasteiger partial charge in [-0.15, -0.1) is 0 Å². The monoisotopic (exact) mass is 475 g/mol. The zero-order chi connectivity index (χ0) is 23.4. The summed E-state index contributed by atoms with van der Waals surface area (Å²) in [6, 6.07) is 7.22. The van der Waals surface area contributed by atoms with E-state index >= 15 is 0 Å². The first-order chi connectivity index (χ1) is 16.0. The van der Waals surface area contributed by atoms with Crippen molar-refractivity contribution in [3.05, 3.63) is 46.3 Å². The number of likely N-dealkylation sites (tertiary alicyclic amines) is 1. The van der Waals surface area contributed by atoms with Crippen molar-refractivity contribution in [1.82, 2.24) is 15.0 Å². The first-order valence-corrected chi connectivity index (χ1v) is 11.9. The summed E-state index contributed by atoms with van der Waals surface area (Å²) in [5.41, 5.74) is 1.20. The number of carbonyl (C=O) groups is 2. The van der Waals surface area contributed by atoms with E-state index in [1.807, 2.05) is 24.0 Å². The number of rotatable bonds is 6. The van der Waals surface area contributed by atoms with Gasteiger partial charge >= 0.3 is 0 Å². The number of carbonyl (C=O) groups excluding carboxylic acids is 2. The number of morpholine rings is 1. The van der Waals surface area contributed by atoms with Gasteiger partial charge in [0.05, 0.1) is 18.9 Å². The Morgan fingerprint density at radius 3 is 2.58 bits per heavy atom. The fraction of sp³-hybridized carbons (Fsp3) is 0.542. The van der Waals surface area contributed by atoms with Crippen molar-refractivity contribution in [2.24, 2.45) is 5.92 Å². The third-order valence-corrected chi connectivity index (χ3v) is 6.59. The molecule has 1 aromatic heterocycles. The van der Waals surface area contributed by atoms with Gasteiger partial charge in [-0.05, 0) is 37.6 Å². The first kappa shape index (κ1) is 23.6. The number of benzene rings is 1. The molecular weight excluding hydrogens is 446 g/mol. The Hall–Kier alpha value is -2.58. The minimum Gasteiger partial charge on any atom is -0.490 e. The number of nitrogens with zero attached hydrogens (tertiary/aromatic N) is 3. The molecule has 0 N–H and O–H groups in total. The average Bonchev–Trinajstić information content (AvgIpc) is 3.22. The number of aromatic nitrogens is 1. The third kappa shape index (κ3) is 5.50. The molecular formula is C24H30ClN3O5. The zero-order valence-electron chi connectivity index (χ0n) is 19.1. The van der Waals surface area contributed by atoms with Gasteiger partial charge in [0.2, 0.25) is 5.91 Å². The van der Waals surface area contributed by atoms with E-state index in [0.717, 1.165) is 0 Å². The summed E-state index contributed by atoms with van der Waals surface area (Å²) < 4.78 is 16.9. The first-order valence-electron chi connectivity index (χ1n) is 11.5. The van der Waals surface area contributed by atoms with Gasteiger partial charge in [0.25, 0.3) is 5.91 Å². The molecule has 9 heteroatoms. The highest BCUT2D eigenvalue weighted by Gasteiger charge is 2.37. The number of hydrogen-bond acceptors (Lipinski definition) is 6. The molecule has 0 saturated carbocycles. The summed E-state index contributed by atoms with van der Waals surface area (Å²) in [5, 5.41) is 4.66.